The summed E-state index contributed by atoms with van der Waals surface area (Å²) in [4.78, 5) is 20.4. The second-order valence-electron chi connectivity index (χ2n) is 9.88. The van der Waals surface area contributed by atoms with Gasteiger partial charge in [-0.25, -0.2) is 18.4 Å². The van der Waals surface area contributed by atoms with Gasteiger partial charge in [-0.15, -0.1) is 0 Å². The van der Waals surface area contributed by atoms with Gasteiger partial charge in [0.25, 0.3) is 0 Å². The number of hydrogen-bond donors (Lipinski definition) is 2. The molecule has 214 valence electrons. The number of pyridine rings is 2. The van der Waals surface area contributed by atoms with Gasteiger partial charge in [-0.05, 0) is 44.7 Å². The van der Waals surface area contributed by atoms with Crippen molar-refractivity contribution in [2.45, 2.75) is 44.8 Å². The van der Waals surface area contributed by atoms with Crippen LogP contribution in [0.2, 0.25) is 0 Å². The lowest BCUT2D eigenvalue weighted by molar-refractivity contribution is 0.122. The molecule has 4 heterocycles. The molecule has 0 spiro atoms. The van der Waals surface area contributed by atoms with E-state index < -0.39 is 10.0 Å². The first-order valence-corrected chi connectivity index (χ1v) is 15.4. The Morgan fingerprint density at radius 3 is 2.52 bits per heavy atom. The van der Waals surface area contributed by atoms with Crippen molar-refractivity contribution in [1.82, 2.24) is 19.9 Å². The molecule has 0 unspecified atom stereocenters. The Kier molecular flexibility index (Phi) is 8.80. The Labute approximate surface area is 234 Å². The molecule has 1 aliphatic carbocycles. The third-order valence-corrected chi connectivity index (χ3v) is 7.36. The molecule has 5 rings (SSSR count). The van der Waals surface area contributed by atoms with Crippen molar-refractivity contribution in [2.75, 3.05) is 54.1 Å². The number of sulfonamides is 1. The first-order valence-electron chi connectivity index (χ1n) is 13.5. The molecule has 13 heteroatoms. The van der Waals surface area contributed by atoms with Crippen molar-refractivity contribution in [3.8, 4) is 5.88 Å². The summed E-state index contributed by atoms with van der Waals surface area (Å²) in [7, 11) is -3.45. The highest BCUT2D eigenvalue weighted by Crippen LogP contribution is 2.33. The van der Waals surface area contributed by atoms with E-state index in [0.717, 1.165) is 56.4 Å². The highest BCUT2D eigenvalue weighted by molar-refractivity contribution is 7.92. The summed E-state index contributed by atoms with van der Waals surface area (Å²) in [5, 5.41) is 4.09. The molecule has 0 radical (unpaired) electrons. The Bertz CT molecular complexity index is 1420. The van der Waals surface area contributed by atoms with Crippen LogP contribution in [-0.4, -0.2) is 79.7 Å². The maximum Gasteiger partial charge on any atom is 0.229 e. The van der Waals surface area contributed by atoms with Crippen LogP contribution in [0.15, 0.2) is 37.0 Å². The van der Waals surface area contributed by atoms with Gasteiger partial charge in [0.2, 0.25) is 21.9 Å². The van der Waals surface area contributed by atoms with Crippen molar-refractivity contribution in [3.05, 3.63) is 42.5 Å². The summed E-state index contributed by atoms with van der Waals surface area (Å²) >= 11 is 0. The Morgan fingerprint density at radius 1 is 1.07 bits per heavy atom. The molecule has 0 aromatic carbocycles. The van der Waals surface area contributed by atoms with Gasteiger partial charge in [0.05, 0.1) is 55.1 Å². The van der Waals surface area contributed by atoms with Crippen molar-refractivity contribution in [2.24, 2.45) is 0 Å². The molecule has 0 bridgehead atoms. The zero-order chi connectivity index (χ0) is 28.0. The Hall–Kier alpha value is -3.71. The van der Waals surface area contributed by atoms with Gasteiger partial charge in [-0.3, -0.25) is 9.71 Å². The predicted octanol–water partition coefficient (Wildman–Crippen LogP) is 3.44. The normalized spacial score (nSPS) is 20.0. The summed E-state index contributed by atoms with van der Waals surface area (Å²) in [5.41, 5.74) is 1.94. The Morgan fingerprint density at radius 2 is 1.82 bits per heavy atom. The zero-order valence-corrected chi connectivity index (χ0v) is 23.6. The highest BCUT2D eigenvalue weighted by Gasteiger charge is 2.25. The number of ether oxygens (including phenoxy) is 3. The van der Waals surface area contributed by atoms with Gasteiger partial charge < -0.3 is 24.4 Å². The fourth-order valence-corrected chi connectivity index (χ4v) is 5.32. The molecule has 1 saturated heterocycles. The lowest BCUT2D eigenvalue weighted by Crippen LogP contribution is -2.37. The molecule has 2 aliphatic rings. The smallest absolute Gasteiger partial charge is 0.229 e. The number of anilines is 3. The van der Waals surface area contributed by atoms with Crippen LogP contribution < -0.4 is 19.7 Å². The first kappa shape index (κ1) is 27.8. The van der Waals surface area contributed by atoms with Crippen LogP contribution >= 0.6 is 0 Å². The standard InChI is InChI=1S/C27H35N7O5S/c1-3-37-11-8-19-16-29-27(30-17-19)31-20-4-6-22(7-5-20)39-26-23-14-21(33-40(2,35)36)18-28-24(23)15-25(32-26)34-9-12-38-13-10-34/h8,11,14-18,20,22,33H,3-7,9-10,12-13H2,1-2H3,(H,29,30,31)/b11-8+. The van der Waals surface area contributed by atoms with Crippen LogP contribution in [-0.2, 0) is 19.5 Å². The van der Waals surface area contributed by atoms with Crippen LogP contribution in [0.4, 0.5) is 17.5 Å². The molecule has 3 aromatic heterocycles. The summed E-state index contributed by atoms with van der Waals surface area (Å²) in [6.45, 7) is 5.28. The maximum atomic E-state index is 11.8. The molecule has 0 amide bonds. The largest absolute Gasteiger partial charge is 0.501 e. The van der Waals surface area contributed by atoms with E-state index in [0.29, 0.717) is 48.2 Å². The summed E-state index contributed by atoms with van der Waals surface area (Å²) in [6, 6.07) is 3.88. The summed E-state index contributed by atoms with van der Waals surface area (Å²) in [5.74, 6) is 1.83. The van der Waals surface area contributed by atoms with E-state index in [-0.39, 0.29) is 12.1 Å². The van der Waals surface area contributed by atoms with E-state index in [1.54, 1.807) is 24.7 Å². The first-order chi connectivity index (χ1) is 19.4. The van der Waals surface area contributed by atoms with Gasteiger partial charge >= 0.3 is 0 Å². The van der Waals surface area contributed by atoms with Crippen LogP contribution in [0, 0.1) is 0 Å². The average Bonchev–Trinajstić information content (AvgIpc) is 2.95. The molecule has 2 fully saturated rings. The predicted molar refractivity (Wildman–Crippen MR) is 154 cm³/mol. The molecule has 1 aliphatic heterocycles. The van der Waals surface area contributed by atoms with Crippen LogP contribution in [0.3, 0.4) is 0 Å². The average molecular weight is 570 g/mol. The molecular formula is C27H35N7O5S. The van der Waals surface area contributed by atoms with E-state index in [4.69, 9.17) is 19.2 Å². The summed E-state index contributed by atoms with van der Waals surface area (Å²) in [6.07, 6.45) is 13.0. The minimum atomic E-state index is -3.45. The van der Waals surface area contributed by atoms with Gasteiger partial charge in [0, 0.05) is 43.2 Å². The van der Waals surface area contributed by atoms with Gasteiger partial charge in [-0.1, -0.05) is 0 Å². The molecule has 40 heavy (non-hydrogen) atoms. The van der Waals surface area contributed by atoms with Crippen LogP contribution in [0.5, 0.6) is 5.88 Å². The molecule has 1 saturated carbocycles. The lowest BCUT2D eigenvalue weighted by atomic mass is 9.93. The van der Waals surface area contributed by atoms with Crippen molar-refractivity contribution >= 4 is 44.5 Å². The fraction of sp³-hybridized carbons (Fsp3) is 0.481. The topological polar surface area (TPSA) is 141 Å². The quantitative estimate of drug-likeness (QED) is 0.347. The van der Waals surface area contributed by atoms with Crippen molar-refractivity contribution < 1.29 is 22.6 Å². The molecule has 3 aromatic rings. The molecule has 2 N–H and O–H groups in total. The number of fused-ring (bicyclic) bond motifs is 1. The molecular weight excluding hydrogens is 534 g/mol. The number of aromatic nitrogens is 4. The highest BCUT2D eigenvalue weighted by atomic mass is 32.2. The van der Waals surface area contributed by atoms with Crippen LogP contribution in [0.25, 0.3) is 17.0 Å². The second kappa shape index (κ2) is 12.6. The van der Waals surface area contributed by atoms with Gasteiger partial charge in [-0.2, -0.15) is 4.98 Å². The maximum absolute atomic E-state index is 11.8. The van der Waals surface area contributed by atoms with E-state index in [2.05, 4.69) is 29.9 Å². The van der Waals surface area contributed by atoms with Gasteiger partial charge in [0.1, 0.15) is 11.9 Å². The van der Waals surface area contributed by atoms with Crippen molar-refractivity contribution in [1.29, 1.82) is 0 Å². The third kappa shape index (κ3) is 7.48. The third-order valence-electron chi connectivity index (χ3n) is 6.75. The number of nitrogens with zero attached hydrogens (tertiary/aromatic N) is 5. The van der Waals surface area contributed by atoms with Gasteiger partial charge in [0.15, 0.2) is 0 Å². The molecule has 12 nitrogen and oxygen atoms in total. The zero-order valence-electron chi connectivity index (χ0n) is 22.7. The minimum absolute atomic E-state index is 0.0350. The second-order valence-corrected chi connectivity index (χ2v) is 11.6. The number of rotatable bonds is 10. The van der Waals surface area contributed by atoms with E-state index in [1.165, 1.54) is 6.20 Å². The number of hydrogen-bond acceptors (Lipinski definition) is 11. The van der Waals surface area contributed by atoms with E-state index in [9.17, 15) is 8.42 Å². The fourth-order valence-electron chi connectivity index (χ4n) is 4.78. The SMILES string of the molecule is CCO/C=C/c1cnc(NC2CCC(Oc3nc(N4CCOCC4)cc4ncc(NS(C)(=O)=O)cc34)CC2)nc1. The lowest BCUT2D eigenvalue weighted by Gasteiger charge is -2.31. The monoisotopic (exact) mass is 569 g/mol. The van der Waals surface area contributed by atoms with Crippen LogP contribution in [0.1, 0.15) is 38.2 Å². The summed E-state index contributed by atoms with van der Waals surface area (Å²) < 4.78 is 43.3. The van der Waals surface area contributed by atoms with Crippen molar-refractivity contribution in [3.63, 3.8) is 0 Å². The molecule has 0 atom stereocenters. The van der Waals surface area contributed by atoms with E-state index >= 15 is 0 Å². The number of morpholine rings is 1. The minimum Gasteiger partial charge on any atom is -0.501 e. The van der Waals surface area contributed by atoms with E-state index in [1.807, 2.05) is 19.1 Å². The Balaban J connectivity index is 1.27. The number of nitrogens with one attached hydrogen (secondary N) is 2.